The summed E-state index contributed by atoms with van der Waals surface area (Å²) in [6, 6.07) is 5.87. The van der Waals surface area contributed by atoms with Crippen LogP contribution in [0.3, 0.4) is 0 Å². The highest BCUT2D eigenvalue weighted by molar-refractivity contribution is 6.42. The molecule has 1 fully saturated rings. The lowest BCUT2D eigenvalue weighted by Crippen LogP contribution is -2.35. The molecule has 1 saturated heterocycles. The summed E-state index contributed by atoms with van der Waals surface area (Å²) in [6.07, 6.45) is 2.07. The van der Waals surface area contributed by atoms with E-state index < -0.39 is 0 Å². The van der Waals surface area contributed by atoms with Crippen LogP contribution >= 0.6 is 23.2 Å². The van der Waals surface area contributed by atoms with E-state index in [9.17, 15) is 0 Å². The van der Waals surface area contributed by atoms with Crippen molar-refractivity contribution in [2.75, 3.05) is 26.8 Å². The van der Waals surface area contributed by atoms with Crippen LogP contribution in [0.5, 0.6) is 0 Å². The van der Waals surface area contributed by atoms with Crippen LogP contribution in [0.1, 0.15) is 12.0 Å². The zero-order valence-electron chi connectivity index (χ0n) is 9.93. The standard InChI is InChI=1S/C13H17Cl2NO/c1-16-8-13(4-5-17-9-13)7-10-2-3-11(14)12(15)6-10/h2-3,6,16H,4-5,7-9H2,1H3. The van der Waals surface area contributed by atoms with Crippen molar-refractivity contribution in [3.05, 3.63) is 33.8 Å². The Morgan fingerprint density at radius 3 is 2.76 bits per heavy atom. The normalized spacial score (nSPS) is 24.2. The van der Waals surface area contributed by atoms with E-state index in [2.05, 4.69) is 5.32 Å². The number of hydrogen-bond donors (Lipinski definition) is 1. The summed E-state index contributed by atoms with van der Waals surface area (Å²) < 4.78 is 5.54. The first-order chi connectivity index (χ1) is 8.15. The van der Waals surface area contributed by atoms with Crippen molar-refractivity contribution in [3.63, 3.8) is 0 Å². The lowest BCUT2D eigenvalue weighted by atomic mass is 9.81. The summed E-state index contributed by atoms with van der Waals surface area (Å²) in [6.45, 7) is 2.63. The maximum absolute atomic E-state index is 6.04. The van der Waals surface area contributed by atoms with Crippen LogP contribution in [-0.2, 0) is 11.2 Å². The Morgan fingerprint density at radius 1 is 1.35 bits per heavy atom. The Balaban J connectivity index is 2.14. The molecular formula is C13H17Cl2NO. The van der Waals surface area contributed by atoms with Crippen molar-refractivity contribution < 1.29 is 4.74 Å². The fourth-order valence-electron chi connectivity index (χ4n) is 2.45. The van der Waals surface area contributed by atoms with E-state index >= 15 is 0 Å². The molecule has 1 atom stereocenters. The van der Waals surface area contributed by atoms with E-state index in [0.29, 0.717) is 10.0 Å². The van der Waals surface area contributed by atoms with Gasteiger partial charge in [0.25, 0.3) is 0 Å². The second-order valence-electron chi connectivity index (χ2n) is 4.76. The van der Waals surface area contributed by atoms with Crippen molar-refractivity contribution in [1.29, 1.82) is 0 Å². The number of ether oxygens (including phenoxy) is 1. The van der Waals surface area contributed by atoms with Crippen LogP contribution in [0.25, 0.3) is 0 Å². The van der Waals surface area contributed by atoms with E-state index in [1.807, 2.05) is 25.2 Å². The number of halogens is 2. The second-order valence-corrected chi connectivity index (χ2v) is 5.57. The Morgan fingerprint density at radius 2 is 2.18 bits per heavy atom. The van der Waals surface area contributed by atoms with Crippen molar-refractivity contribution in [3.8, 4) is 0 Å². The Bertz CT molecular complexity index is 389. The smallest absolute Gasteiger partial charge is 0.0595 e. The molecule has 0 bridgehead atoms. The zero-order valence-corrected chi connectivity index (χ0v) is 11.4. The van der Waals surface area contributed by atoms with Crippen molar-refractivity contribution in [2.45, 2.75) is 12.8 Å². The van der Waals surface area contributed by atoms with Crippen LogP contribution in [0.2, 0.25) is 10.0 Å². The van der Waals surface area contributed by atoms with Crippen LogP contribution in [0.15, 0.2) is 18.2 Å². The molecule has 1 aliphatic heterocycles. The first-order valence-corrected chi connectivity index (χ1v) is 6.57. The van der Waals surface area contributed by atoms with E-state index in [0.717, 1.165) is 32.6 Å². The van der Waals surface area contributed by atoms with Gasteiger partial charge in [0, 0.05) is 18.6 Å². The third kappa shape index (κ3) is 3.14. The Kier molecular flexibility index (Phi) is 4.31. The number of benzene rings is 1. The van der Waals surface area contributed by atoms with E-state index in [1.54, 1.807) is 0 Å². The summed E-state index contributed by atoms with van der Waals surface area (Å²) in [5.41, 5.74) is 1.42. The zero-order chi connectivity index (χ0) is 12.3. The van der Waals surface area contributed by atoms with Crippen LogP contribution in [-0.4, -0.2) is 26.8 Å². The Hall–Kier alpha value is -0.280. The second kappa shape index (κ2) is 5.57. The summed E-state index contributed by atoms with van der Waals surface area (Å²) in [4.78, 5) is 0. The third-order valence-corrected chi connectivity index (χ3v) is 4.04. The van der Waals surface area contributed by atoms with Gasteiger partial charge in [-0.1, -0.05) is 29.3 Å². The van der Waals surface area contributed by atoms with Gasteiger partial charge in [0.15, 0.2) is 0 Å². The molecule has 17 heavy (non-hydrogen) atoms. The third-order valence-electron chi connectivity index (χ3n) is 3.30. The molecule has 2 nitrogen and oxygen atoms in total. The molecule has 0 amide bonds. The maximum atomic E-state index is 6.04. The van der Waals surface area contributed by atoms with E-state index in [4.69, 9.17) is 27.9 Å². The molecule has 1 aromatic carbocycles. The summed E-state index contributed by atoms with van der Waals surface area (Å²) in [5, 5.41) is 4.50. The largest absolute Gasteiger partial charge is 0.381 e. The Labute approximate surface area is 112 Å². The van der Waals surface area contributed by atoms with Gasteiger partial charge in [0.1, 0.15) is 0 Å². The average molecular weight is 274 g/mol. The molecule has 94 valence electrons. The highest BCUT2D eigenvalue weighted by Crippen LogP contribution is 2.33. The molecule has 0 saturated carbocycles. The molecular weight excluding hydrogens is 257 g/mol. The molecule has 1 heterocycles. The fraction of sp³-hybridized carbons (Fsp3) is 0.538. The van der Waals surface area contributed by atoms with E-state index in [1.165, 1.54) is 5.56 Å². The predicted molar refractivity (Wildman–Crippen MR) is 72.0 cm³/mol. The lowest BCUT2D eigenvalue weighted by Gasteiger charge is -2.27. The van der Waals surface area contributed by atoms with Crippen molar-refractivity contribution >= 4 is 23.2 Å². The molecule has 1 unspecified atom stereocenters. The molecule has 4 heteroatoms. The summed E-state index contributed by atoms with van der Waals surface area (Å²) in [5.74, 6) is 0. The molecule has 1 aromatic rings. The fourth-order valence-corrected chi connectivity index (χ4v) is 2.77. The predicted octanol–water partition coefficient (Wildman–Crippen LogP) is 3.16. The van der Waals surface area contributed by atoms with Gasteiger partial charge in [-0.05, 0) is 37.6 Å². The monoisotopic (exact) mass is 273 g/mol. The molecule has 0 aromatic heterocycles. The van der Waals surface area contributed by atoms with Gasteiger partial charge in [-0.3, -0.25) is 0 Å². The number of hydrogen-bond acceptors (Lipinski definition) is 2. The lowest BCUT2D eigenvalue weighted by molar-refractivity contribution is 0.150. The topological polar surface area (TPSA) is 21.3 Å². The molecule has 1 N–H and O–H groups in total. The van der Waals surface area contributed by atoms with Crippen molar-refractivity contribution in [1.82, 2.24) is 5.32 Å². The first-order valence-electron chi connectivity index (χ1n) is 5.81. The van der Waals surface area contributed by atoms with E-state index in [-0.39, 0.29) is 5.41 Å². The highest BCUT2D eigenvalue weighted by Gasteiger charge is 2.34. The number of rotatable bonds is 4. The van der Waals surface area contributed by atoms with Gasteiger partial charge in [-0.15, -0.1) is 0 Å². The molecule has 0 radical (unpaired) electrons. The van der Waals surface area contributed by atoms with Gasteiger partial charge in [-0.25, -0.2) is 0 Å². The minimum absolute atomic E-state index is 0.200. The molecule has 1 aliphatic rings. The minimum Gasteiger partial charge on any atom is -0.381 e. The number of nitrogens with one attached hydrogen (secondary N) is 1. The van der Waals surface area contributed by atoms with Crippen LogP contribution in [0.4, 0.5) is 0 Å². The van der Waals surface area contributed by atoms with Gasteiger partial charge < -0.3 is 10.1 Å². The highest BCUT2D eigenvalue weighted by atomic mass is 35.5. The summed E-state index contributed by atoms with van der Waals surface area (Å²) in [7, 11) is 1.98. The molecule has 2 rings (SSSR count). The quantitative estimate of drug-likeness (QED) is 0.910. The molecule has 0 spiro atoms. The first kappa shape index (κ1) is 13.2. The van der Waals surface area contributed by atoms with Crippen molar-refractivity contribution in [2.24, 2.45) is 5.41 Å². The molecule has 0 aliphatic carbocycles. The maximum Gasteiger partial charge on any atom is 0.0595 e. The minimum atomic E-state index is 0.200. The van der Waals surface area contributed by atoms with Gasteiger partial charge in [0.2, 0.25) is 0 Å². The summed E-state index contributed by atoms with van der Waals surface area (Å²) >= 11 is 12.0. The van der Waals surface area contributed by atoms with Crippen LogP contribution in [0, 0.1) is 5.41 Å². The van der Waals surface area contributed by atoms with Gasteiger partial charge in [-0.2, -0.15) is 0 Å². The van der Waals surface area contributed by atoms with Gasteiger partial charge in [0.05, 0.1) is 16.7 Å². The average Bonchev–Trinajstić information content (AvgIpc) is 2.73. The van der Waals surface area contributed by atoms with Gasteiger partial charge >= 0.3 is 0 Å². The van der Waals surface area contributed by atoms with Crippen LogP contribution < -0.4 is 5.32 Å². The SMILES string of the molecule is CNCC1(Cc2ccc(Cl)c(Cl)c2)CCOC1.